The number of aryl methyl sites for hydroxylation is 1. The number of aliphatic hydroxyl groups excluding tert-OH is 1. The third kappa shape index (κ3) is 6.92. The zero-order valence-electron chi connectivity index (χ0n) is 19.6. The molecule has 0 fully saturated rings. The Hall–Kier alpha value is -3.65. The fraction of sp³-hybridized carbons (Fsp3) is 0.346. The lowest BCUT2D eigenvalue weighted by molar-refractivity contribution is -0.136. The first kappa shape index (κ1) is 25.0. The molecule has 1 heterocycles. The molecule has 5 N–H and O–H groups in total. The van der Waals surface area contributed by atoms with Crippen molar-refractivity contribution in [3.05, 3.63) is 76.5 Å². The number of nitrogens with one attached hydrogen (secondary N) is 1. The molecule has 2 aromatic carbocycles. The number of nitrogen functional groups attached to an aromatic ring is 1. The molecule has 3 aromatic rings. The van der Waals surface area contributed by atoms with Gasteiger partial charge in [-0.25, -0.2) is 4.98 Å². The number of aliphatic hydroxyl groups is 1. The number of hydrogen-bond donors (Lipinski definition) is 4. The average molecular weight is 465 g/mol. The Morgan fingerprint density at radius 2 is 1.91 bits per heavy atom. The summed E-state index contributed by atoms with van der Waals surface area (Å²) in [6.45, 7) is 4.26. The van der Waals surface area contributed by atoms with Gasteiger partial charge in [-0.15, -0.1) is 0 Å². The summed E-state index contributed by atoms with van der Waals surface area (Å²) < 4.78 is 6.14. The second-order valence-electron chi connectivity index (χ2n) is 8.27. The standard InChI is InChI=1S/C26H32N4O4/c1-3-7-21(15-31)29-25-22(17(2)28-26(27)30-25)14-20-11-10-19(13-24(32)33)12-23(20)34-16-18-8-5-4-6-9-18/h4-6,8-12,21,31H,3,7,13-16H2,1-2H3,(H,32,33)(H3,27,28,29,30)/t21-/m0/s1. The van der Waals surface area contributed by atoms with E-state index in [9.17, 15) is 15.0 Å². The molecular weight excluding hydrogens is 432 g/mol. The molecule has 0 bridgehead atoms. The van der Waals surface area contributed by atoms with Gasteiger partial charge in [0.2, 0.25) is 5.95 Å². The van der Waals surface area contributed by atoms with Crippen LogP contribution >= 0.6 is 0 Å². The van der Waals surface area contributed by atoms with Crippen LogP contribution in [0.4, 0.5) is 11.8 Å². The molecule has 8 heteroatoms. The van der Waals surface area contributed by atoms with Gasteiger partial charge < -0.3 is 26.0 Å². The van der Waals surface area contributed by atoms with Crippen LogP contribution in [0.5, 0.6) is 5.75 Å². The summed E-state index contributed by atoms with van der Waals surface area (Å²) in [4.78, 5) is 20.0. The van der Waals surface area contributed by atoms with E-state index in [1.54, 1.807) is 12.1 Å². The number of nitrogens with two attached hydrogens (primary N) is 1. The SMILES string of the molecule is CCC[C@@H](CO)Nc1nc(N)nc(C)c1Cc1ccc(CC(=O)O)cc1OCc1ccccc1. The summed E-state index contributed by atoms with van der Waals surface area (Å²) in [5.74, 6) is 0.453. The Balaban J connectivity index is 1.94. The van der Waals surface area contributed by atoms with Crippen molar-refractivity contribution in [2.24, 2.45) is 0 Å². The number of anilines is 2. The number of benzene rings is 2. The maximum atomic E-state index is 11.2. The third-order valence-electron chi connectivity index (χ3n) is 5.52. The Morgan fingerprint density at radius 1 is 1.15 bits per heavy atom. The number of carboxylic acids is 1. The topological polar surface area (TPSA) is 131 Å². The Morgan fingerprint density at radius 3 is 2.59 bits per heavy atom. The molecule has 0 aliphatic carbocycles. The molecule has 0 saturated heterocycles. The minimum atomic E-state index is -0.901. The van der Waals surface area contributed by atoms with Crippen molar-refractivity contribution in [3.63, 3.8) is 0 Å². The number of hydrogen-bond acceptors (Lipinski definition) is 7. The van der Waals surface area contributed by atoms with Gasteiger partial charge in [-0.2, -0.15) is 4.98 Å². The zero-order valence-corrected chi connectivity index (χ0v) is 19.6. The Labute approximate surface area is 199 Å². The van der Waals surface area contributed by atoms with Gasteiger partial charge in [0.05, 0.1) is 19.1 Å². The van der Waals surface area contributed by atoms with Crippen molar-refractivity contribution in [2.45, 2.75) is 52.2 Å². The normalized spacial score (nSPS) is 11.7. The van der Waals surface area contributed by atoms with Crippen molar-refractivity contribution < 1.29 is 19.7 Å². The molecule has 0 aliphatic rings. The van der Waals surface area contributed by atoms with Gasteiger partial charge in [0, 0.05) is 17.7 Å². The minimum absolute atomic E-state index is 0.0223. The van der Waals surface area contributed by atoms with Gasteiger partial charge in [0.25, 0.3) is 0 Å². The van der Waals surface area contributed by atoms with E-state index in [0.29, 0.717) is 30.2 Å². The number of rotatable bonds is 12. The van der Waals surface area contributed by atoms with Gasteiger partial charge in [-0.3, -0.25) is 4.79 Å². The number of aromatic nitrogens is 2. The summed E-state index contributed by atoms with van der Waals surface area (Å²) in [6.07, 6.45) is 2.06. The summed E-state index contributed by atoms with van der Waals surface area (Å²) in [7, 11) is 0. The van der Waals surface area contributed by atoms with Crippen LogP contribution in [0.15, 0.2) is 48.5 Å². The predicted molar refractivity (Wildman–Crippen MR) is 132 cm³/mol. The highest BCUT2D eigenvalue weighted by atomic mass is 16.5. The van der Waals surface area contributed by atoms with Gasteiger partial charge >= 0.3 is 5.97 Å². The summed E-state index contributed by atoms with van der Waals surface area (Å²) in [5.41, 5.74) is 10.0. The largest absolute Gasteiger partial charge is 0.489 e. The molecule has 0 amide bonds. The van der Waals surface area contributed by atoms with E-state index in [0.717, 1.165) is 35.2 Å². The van der Waals surface area contributed by atoms with Crippen LogP contribution in [0, 0.1) is 6.92 Å². The summed E-state index contributed by atoms with van der Waals surface area (Å²) in [6, 6.07) is 15.1. The van der Waals surface area contributed by atoms with E-state index in [4.69, 9.17) is 10.5 Å². The number of carbonyl (C=O) groups is 1. The first-order valence-corrected chi connectivity index (χ1v) is 11.4. The molecule has 0 radical (unpaired) electrons. The number of ether oxygens (including phenoxy) is 1. The van der Waals surface area contributed by atoms with Crippen molar-refractivity contribution >= 4 is 17.7 Å². The van der Waals surface area contributed by atoms with E-state index < -0.39 is 5.97 Å². The predicted octanol–water partition coefficient (Wildman–Crippen LogP) is 3.74. The summed E-state index contributed by atoms with van der Waals surface area (Å²) in [5, 5.41) is 22.3. The number of nitrogens with zero attached hydrogens (tertiary/aromatic N) is 2. The third-order valence-corrected chi connectivity index (χ3v) is 5.52. The highest BCUT2D eigenvalue weighted by Crippen LogP contribution is 2.29. The van der Waals surface area contributed by atoms with Gasteiger partial charge in [0.1, 0.15) is 18.2 Å². The smallest absolute Gasteiger partial charge is 0.307 e. The van der Waals surface area contributed by atoms with E-state index in [2.05, 4.69) is 22.2 Å². The van der Waals surface area contributed by atoms with Crippen molar-refractivity contribution in [2.75, 3.05) is 17.7 Å². The van der Waals surface area contributed by atoms with E-state index in [1.807, 2.05) is 43.3 Å². The zero-order chi connectivity index (χ0) is 24.5. The van der Waals surface area contributed by atoms with Gasteiger partial charge in [-0.05, 0) is 36.1 Å². The second kappa shape index (κ2) is 12.0. The van der Waals surface area contributed by atoms with Crippen molar-refractivity contribution in [1.29, 1.82) is 0 Å². The van der Waals surface area contributed by atoms with Crippen molar-refractivity contribution in [1.82, 2.24) is 9.97 Å². The highest BCUT2D eigenvalue weighted by Gasteiger charge is 2.18. The maximum absolute atomic E-state index is 11.2. The minimum Gasteiger partial charge on any atom is -0.489 e. The molecule has 1 aromatic heterocycles. The Bertz CT molecular complexity index is 1110. The van der Waals surface area contributed by atoms with Crippen LogP contribution in [0.1, 0.15) is 47.7 Å². The quantitative estimate of drug-likeness (QED) is 0.319. The molecule has 0 unspecified atom stereocenters. The molecule has 0 spiro atoms. The van der Waals surface area contributed by atoms with Gasteiger partial charge in [-0.1, -0.05) is 55.8 Å². The van der Waals surface area contributed by atoms with E-state index in [-0.39, 0.29) is 25.0 Å². The molecule has 8 nitrogen and oxygen atoms in total. The first-order chi connectivity index (χ1) is 16.4. The van der Waals surface area contributed by atoms with E-state index >= 15 is 0 Å². The second-order valence-corrected chi connectivity index (χ2v) is 8.27. The lowest BCUT2D eigenvalue weighted by atomic mass is 10.00. The fourth-order valence-corrected chi connectivity index (χ4v) is 3.79. The van der Waals surface area contributed by atoms with Crippen LogP contribution in [0.2, 0.25) is 0 Å². The summed E-state index contributed by atoms with van der Waals surface area (Å²) >= 11 is 0. The molecule has 34 heavy (non-hydrogen) atoms. The van der Waals surface area contributed by atoms with Crippen LogP contribution in [-0.2, 0) is 24.2 Å². The molecule has 0 aliphatic heterocycles. The molecular formula is C26H32N4O4. The lowest BCUT2D eigenvalue weighted by Gasteiger charge is -2.21. The van der Waals surface area contributed by atoms with Crippen LogP contribution in [-0.4, -0.2) is 38.8 Å². The maximum Gasteiger partial charge on any atom is 0.307 e. The average Bonchev–Trinajstić information content (AvgIpc) is 2.80. The first-order valence-electron chi connectivity index (χ1n) is 11.4. The Kier molecular flexibility index (Phi) is 8.81. The monoisotopic (exact) mass is 464 g/mol. The van der Waals surface area contributed by atoms with Gasteiger partial charge in [0.15, 0.2) is 0 Å². The lowest BCUT2D eigenvalue weighted by Crippen LogP contribution is -2.25. The fourth-order valence-electron chi connectivity index (χ4n) is 3.79. The van der Waals surface area contributed by atoms with E-state index in [1.165, 1.54) is 0 Å². The van der Waals surface area contributed by atoms with Crippen LogP contribution in [0.3, 0.4) is 0 Å². The number of carboxylic acid groups (broad SMARTS) is 1. The van der Waals surface area contributed by atoms with Crippen LogP contribution in [0.25, 0.3) is 0 Å². The molecule has 1 atom stereocenters. The van der Waals surface area contributed by atoms with Crippen LogP contribution < -0.4 is 15.8 Å². The molecule has 3 rings (SSSR count). The molecule has 0 saturated carbocycles. The molecule has 180 valence electrons. The highest BCUT2D eigenvalue weighted by molar-refractivity contribution is 5.70. The number of aliphatic carboxylic acids is 1. The van der Waals surface area contributed by atoms with Crippen molar-refractivity contribution in [3.8, 4) is 5.75 Å².